The van der Waals surface area contributed by atoms with Crippen molar-refractivity contribution in [3.63, 3.8) is 0 Å². The van der Waals surface area contributed by atoms with E-state index in [0.717, 1.165) is 11.8 Å². The molecule has 1 aromatic carbocycles. The number of rotatable bonds is 5. The highest BCUT2D eigenvalue weighted by Crippen LogP contribution is 2.05. The third-order valence-corrected chi connectivity index (χ3v) is 2.98. The molecule has 0 fully saturated rings. The number of nitrogens with one attached hydrogen (secondary N) is 1. The predicted octanol–water partition coefficient (Wildman–Crippen LogP) is 2.52. The number of carbonyl (C=O) groups excluding carboxylic acids is 1. The standard InChI is InChI=1S/C12H16BrNO/c1-2-12(15)14-11(9-13)8-10-6-4-3-5-7-10/h3-7,11H,2,8-9H2,1H3,(H,14,15). The van der Waals surface area contributed by atoms with Crippen LogP contribution in [0.4, 0.5) is 0 Å². The molecule has 0 saturated heterocycles. The number of benzene rings is 1. The molecule has 1 aromatic rings. The van der Waals surface area contributed by atoms with Crippen LogP contribution in [0, 0.1) is 0 Å². The Balaban J connectivity index is 2.50. The van der Waals surface area contributed by atoms with E-state index < -0.39 is 0 Å². The molecule has 3 heteroatoms. The Morgan fingerprint density at radius 3 is 2.60 bits per heavy atom. The van der Waals surface area contributed by atoms with Crippen molar-refractivity contribution in [1.82, 2.24) is 5.32 Å². The molecule has 1 N–H and O–H groups in total. The molecular formula is C12H16BrNO. The summed E-state index contributed by atoms with van der Waals surface area (Å²) in [4.78, 5) is 11.2. The van der Waals surface area contributed by atoms with Gasteiger partial charge in [-0.05, 0) is 12.0 Å². The van der Waals surface area contributed by atoms with Gasteiger partial charge in [0.2, 0.25) is 5.91 Å². The van der Waals surface area contributed by atoms with Gasteiger partial charge in [-0.2, -0.15) is 0 Å². The lowest BCUT2D eigenvalue weighted by atomic mass is 10.1. The smallest absolute Gasteiger partial charge is 0.219 e. The summed E-state index contributed by atoms with van der Waals surface area (Å²) >= 11 is 3.42. The number of alkyl halides is 1. The van der Waals surface area contributed by atoms with Crippen LogP contribution in [-0.2, 0) is 11.2 Å². The summed E-state index contributed by atoms with van der Waals surface area (Å²) in [6.45, 7) is 1.86. The van der Waals surface area contributed by atoms with E-state index in [4.69, 9.17) is 0 Å². The zero-order chi connectivity index (χ0) is 11.1. The van der Waals surface area contributed by atoms with Gasteiger partial charge in [-0.3, -0.25) is 4.79 Å². The lowest BCUT2D eigenvalue weighted by Crippen LogP contribution is -2.37. The molecule has 1 atom stereocenters. The monoisotopic (exact) mass is 269 g/mol. The van der Waals surface area contributed by atoms with Crippen LogP contribution in [0.25, 0.3) is 0 Å². The fraction of sp³-hybridized carbons (Fsp3) is 0.417. The first kappa shape index (κ1) is 12.2. The first-order chi connectivity index (χ1) is 7.26. The molecule has 0 aromatic heterocycles. The van der Waals surface area contributed by atoms with Crippen molar-refractivity contribution in [2.45, 2.75) is 25.8 Å². The Kier molecular flexibility index (Phi) is 5.40. The van der Waals surface area contributed by atoms with E-state index in [9.17, 15) is 4.79 Å². The third kappa shape index (κ3) is 4.47. The van der Waals surface area contributed by atoms with E-state index in [2.05, 4.69) is 33.4 Å². The lowest BCUT2D eigenvalue weighted by molar-refractivity contribution is -0.121. The first-order valence-corrected chi connectivity index (χ1v) is 6.27. The molecule has 1 amide bonds. The minimum Gasteiger partial charge on any atom is -0.352 e. The maximum Gasteiger partial charge on any atom is 0.219 e. The molecule has 0 aliphatic carbocycles. The number of carbonyl (C=O) groups is 1. The molecule has 0 radical (unpaired) electrons. The lowest BCUT2D eigenvalue weighted by Gasteiger charge is -2.15. The van der Waals surface area contributed by atoms with Crippen molar-refractivity contribution in [1.29, 1.82) is 0 Å². The molecule has 82 valence electrons. The van der Waals surface area contributed by atoms with Crippen LogP contribution in [0.5, 0.6) is 0 Å². The van der Waals surface area contributed by atoms with Gasteiger partial charge in [0.25, 0.3) is 0 Å². The van der Waals surface area contributed by atoms with Gasteiger partial charge < -0.3 is 5.32 Å². The summed E-state index contributed by atoms with van der Waals surface area (Å²) in [5, 5.41) is 3.76. The highest BCUT2D eigenvalue weighted by molar-refractivity contribution is 9.09. The van der Waals surface area contributed by atoms with Gasteiger partial charge in [0, 0.05) is 17.8 Å². The van der Waals surface area contributed by atoms with Crippen molar-refractivity contribution < 1.29 is 4.79 Å². The van der Waals surface area contributed by atoms with Gasteiger partial charge >= 0.3 is 0 Å². The molecule has 0 aliphatic rings. The Labute approximate surface area is 99.2 Å². The maximum absolute atomic E-state index is 11.2. The number of halogens is 1. The van der Waals surface area contributed by atoms with Gasteiger partial charge in [0.1, 0.15) is 0 Å². The molecule has 15 heavy (non-hydrogen) atoms. The van der Waals surface area contributed by atoms with E-state index in [-0.39, 0.29) is 11.9 Å². The minimum atomic E-state index is 0.107. The van der Waals surface area contributed by atoms with Crippen molar-refractivity contribution in [2.75, 3.05) is 5.33 Å². The van der Waals surface area contributed by atoms with Crippen LogP contribution in [0.2, 0.25) is 0 Å². The summed E-state index contributed by atoms with van der Waals surface area (Å²) in [6.07, 6.45) is 1.41. The van der Waals surface area contributed by atoms with E-state index in [1.165, 1.54) is 5.56 Å². The quantitative estimate of drug-likeness (QED) is 0.818. The molecule has 2 nitrogen and oxygen atoms in total. The Bertz CT molecular complexity index is 300. The number of amides is 1. The van der Waals surface area contributed by atoms with Gasteiger partial charge in [-0.15, -0.1) is 0 Å². The van der Waals surface area contributed by atoms with Crippen LogP contribution >= 0.6 is 15.9 Å². The molecule has 0 bridgehead atoms. The van der Waals surface area contributed by atoms with Crippen LogP contribution in [0.15, 0.2) is 30.3 Å². The van der Waals surface area contributed by atoms with Crippen molar-refractivity contribution >= 4 is 21.8 Å². The van der Waals surface area contributed by atoms with E-state index in [1.807, 2.05) is 25.1 Å². The van der Waals surface area contributed by atoms with E-state index >= 15 is 0 Å². The average Bonchev–Trinajstić information content (AvgIpc) is 2.29. The second-order valence-electron chi connectivity index (χ2n) is 3.46. The fourth-order valence-electron chi connectivity index (χ4n) is 1.37. The zero-order valence-corrected chi connectivity index (χ0v) is 10.5. The Morgan fingerprint density at radius 1 is 1.40 bits per heavy atom. The van der Waals surface area contributed by atoms with E-state index in [0.29, 0.717) is 6.42 Å². The van der Waals surface area contributed by atoms with Gasteiger partial charge in [-0.25, -0.2) is 0 Å². The highest BCUT2D eigenvalue weighted by atomic mass is 79.9. The molecule has 0 spiro atoms. The fourth-order valence-corrected chi connectivity index (χ4v) is 1.76. The molecule has 1 unspecified atom stereocenters. The SMILES string of the molecule is CCC(=O)NC(CBr)Cc1ccccc1. The van der Waals surface area contributed by atoms with Crippen molar-refractivity contribution in [3.8, 4) is 0 Å². The van der Waals surface area contributed by atoms with Crippen LogP contribution < -0.4 is 5.32 Å². The summed E-state index contributed by atoms with van der Waals surface area (Å²) in [5.74, 6) is 0.107. The second kappa shape index (κ2) is 6.62. The zero-order valence-electron chi connectivity index (χ0n) is 8.87. The van der Waals surface area contributed by atoms with Crippen molar-refractivity contribution in [3.05, 3.63) is 35.9 Å². The van der Waals surface area contributed by atoms with Crippen LogP contribution in [0.1, 0.15) is 18.9 Å². The van der Waals surface area contributed by atoms with Gasteiger partial charge in [0.05, 0.1) is 0 Å². The first-order valence-electron chi connectivity index (χ1n) is 5.15. The molecular weight excluding hydrogens is 254 g/mol. The van der Waals surface area contributed by atoms with Gasteiger partial charge in [-0.1, -0.05) is 53.2 Å². The number of hydrogen-bond acceptors (Lipinski definition) is 1. The maximum atomic E-state index is 11.2. The summed E-state index contributed by atoms with van der Waals surface area (Å²) in [7, 11) is 0. The summed E-state index contributed by atoms with van der Waals surface area (Å²) in [6, 6.07) is 10.4. The topological polar surface area (TPSA) is 29.1 Å². The molecule has 1 rings (SSSR count). The molecule has 0 heterocycles. The second-order valence-corrected chi connectivity index (χ2v) is 4.11. The summed E-state index contributed by atoms with van der Waals surface area (Å²) in [5.41, 5.74) is 1.25. The van der Waals surface area contributed by atoms with Crippen LogP contribution in [0.3, 0.4) is 0 Å². The normalized spacial score (nSPS) is 12.1. The van der Waals surface area contributed by atoms with Crippen LogP contribution in [-0.4, -0.2) is 17.3 Å². The largest absolute Gasteiger partial charge is 0.352 e. The van der Waals surface area contributed by atoms with Crippen molar-refractivity contribution in [2.24, 2.45) is 0 Å². The molecule has 0 saturated carbocycles. The van der Waals surface area contributed by atoms with E-state index in [1.54, 1.807) is 0 Å². The highest BCUT2D eigenvalue weighted by Gasteiger charge is 2.09. The predicted molar refractivity (Wildman–Crippen MR) is 66.2 cm³/mol. The van der Waals surface area contributed by atoms with Gasteiger partial charge in [0.15, 0.2) is 0 Å². The molecule has 0 aliphatic heterocycles. The number of hydrogen-bond donors (Lipinski definition) is 1. The summed E-state index contributed by atoms with van der Waals surface area (Å²) < 4.78 is 0. The third-order valence-electron chi connectivity index (χ3n) is 2.20. The Morgan fingerprint density at radius 2 is 2.07 bits per heavy atom. The average molecular weight is 270 g/mol. The minimum absolute atomic E-state index is 0.107. The Hall–Kier alpha value is -0.830.